The summed E-state index contributed by atoms with van der Waals surface area (Å²) in [4.78, 5) is 0. The van der Waals surface area contributed by atoms with Crippen molar-refractivity contribution in [3.63, 3.8) is 0 Å². The van der Waals surface area contributed by atoms with Crippen LogP contribution in [0.2, 0.25) is 0 Å². The van der Waals surface area contributed by atoms with E-state index >= 15 is 0 Å². The van der Waals surface area contributed by atoms with Gasteiger partial charge in [0, 0.05) is 16.7 Å². The third-order valence-corrected chi connectivity index (χ3v) is 4.82. The van der Waals surface area contributed by atoms with Gasteiger partial charge in [0.2, 0.25) is 0 Å². The van der Waals surface area contributed by atoms with Gasteiger partial charge in [-0.1, -0.05) is 48.0 Å². The van der Waals surface area contributed by atoms with Crippen LogP contribution in [0.4, 0.5) is 8.78 Å². The maximum atomic E-state index is 14.4. The molecular weight excluding hydrogens is 318 g/mol. The molecule has 0 saturated carbocycles. The second kappa shape index (κ2) is 5.85. The van der Waals surface area contributed by atoms with Crippen LogP contribution in [0, 0.1) is 11.6 Å². The lowest BCUT2D eigenvalue weighted by atomic mass is 9.66. The maximum Gasteiger partial charge on any atom is 0.137 e. The van der Waals surface area contributed by atoms with Gasteiger partial charge in [0.15, 0.2) is 0 Å². The van der Waals surface area contributed by atoms with Crippen LogP contribution in [0.25, 0.3) is 0 Å². The van der Waals surface area contributed by atoms with Gasteiger partial charge in [-0.05, 0) is 31.5 Å². The fourth-order valence-corrected chi connectivity index (χ4v) is 3.45. The second-order valence-corrected chi connectivity index (χ2v) is 6.13. The highest BCUT2D eigenvalue weighted by molar-refractivity contribution is 6.67. The van der Waals surface area contributed by atoms with Crippen molar-refractivity contribution in [2.24, 2.45) is 10.2 Å². The summed E-state index contributed by atoms with van der Waals surface area (Å²) in [5, 5.41) is 8.09. The number of benzene rings is 2. The first-order chi connectivity index (χ1) is 11.0. The molecule has 2 nitrogen and oxygen atoms in total. The van der Waals surface area contributed by atoms with Crippen LogP contribution in [0.15, 0.2) is 58.7 Å². The fourth-order valence-electron chi connectivity index (χ4n) is 3.09. The maximum absolute atomic E-state index is 14.4. The highest BCUT2D eigenvalue weighted by atomic mass is 35.5. The molecule has 0 saturated heterocycles. The van der Waals surface area contributed by atoms with Crippen molar-refractivity contribution in [2.45, 2.75) is 25.2 Å². The molecular formula is C18H15ClF2N2. The van der Waals surface area contributed by atoms with Gasteiger partial charge in [-0.25, -0.2) is 8.78 Å². The predicted octanol–water partition coefficient (Wildman–Crippen LogP) is 5.03. The smallest absolute Gasteiger partial charge is 0.137 e. The zero-order valence-corrected chi connectivity index (χ0v) is 13.5. The Balaban J connectivity index is 2.28. The molecule has 5 heteroatoms. The topological polar surface area (TPSA) is 24.7 Å². The van der Waals surface area contributed by atoms with Gasteiger partial charge in [-0.15, -0.1) is 5.10 Å². The van der Waals surface area contributed by atoms with Crippen LogP contribution < -0.4 is 0 Å². The monoisotopic (exact) mass is 332 g/mol. The molecule has 3 rings (SSSR count). The number of hydrogen-bond acceptors (Lipinski definition) is 2. The molecule has 1 heterocycles. The van der Waals surface area contributed by atoms with E-state index in [0.717, 1.165) is 5.56 Å². The molecule has 0 N–H and O–H groups in total. The lowest BCUT2D eigenvalue weighted by Gasteiger charge is -2.39. The Hall–Kier alpha value is -2.07. The third-order valence-electron chi connectivity index (χ3n) is 4.52. The van der Waals surface area contributed by atoms with Gasteiger partial charge < -0.3 is 0 Å². The van der Waals surface area contributed by atoms with E-state index in [-0.39, 0.29) is 10.7 Å². The molecule has 118 valence electrons. The lowest BCUT2D eigenvalue weighted by Crippen LogP contribution is -2.43. The SMILES string of the molecule is CC1=NN=C(Cl)C(c2c(F)cccc2F)C1(C)c1ccccc1. The molecule has 0 bridgehead atoms. The summed E-state index contributed by atoms with van der Waals surface area (Å²) >= 11 is 6.27. The molecule has 1 aliphatic heterocycles. The summed E-state index contributed by atoms with van der Waals surface area (Å²) < 4.78 is 28.8. The van der Waals surface area contributed by atoms with Crippen LogP contribution in [0.5, 0.6) is 0 Å². The van der Waals surface area contributed by atoms with Crippen molar-refractivity contribution in [1.82, 2.24) is 0 Å². The predicted molar refractivity (Wildman–Crippen MR) is 89.3 cm³/mol. The average Bonchev–Trinajstić information content (AvgIpc) is 2.55. The van der Waals surface area contributed by atoms with Crippen LogP contribution in [0.1, 0.15) is 30.9 Å². The molecule has 0 amide bonds. The van der Waals surface area contributed by atoms with E-state index in [1.165, 1.54) is 18.2 Å². The van der Waals surface area contributed by atoms with Gasteiger partial charge in [0.05, 0.1) is 5.92 Å². The van der Waals surface area contributed by atoms with E-state index in [0.29, 0.717) is 5.71 Å². The zero-order chi connectivity index (χ0) is 16.6. The molecule has 0 aliphatic carbocycles. The summed E-state index contributed by atoms with van der Waals surface area (Å²) in [5.41, 5.74) is 0.660. The minimum atomic E-state index is -0.789. The number of rotatable bonds is 2. The summed E-state index contributed by atoms with van der Waals surface area (Å²) in [7, 11) is 0. The van der Waals surface area contributed by atoms with Crippen molar-refractivity contribution in [2.75, 3.05) is 0 Å². The van der Waals surface area contributed by atoms with Crippen molar-refractivity contribution in [1.29, 1.82) is 0 Å². The van der Waals surface area contributed by atoms with E-state index < -0.39 is 23.0 Å². The molecule has 2 aromatic carbocycles. The highest BCUT2D eigenvalue weighted by Crippen LogP contribution is 2.45. The van der Waals surface area contributed by atoms with Crippen molar-refractivity contribution in [3.05, 3.63) is 71.3 Å². The van der Waals surface area contributed by atoms with Crippen LogP contribution in [0.3, 0.4) is 0 Å². The molecule has 23 heavy (non-hydrogen) atoms. The largest absolute Gasteiger partial charge is 0.207 e. The normalized spacial score (nSPS) is 24.1. The first-order valence-corrected chi connectivity index (χ1v) is 7.61. The lowest BCUT2D eigenvalue weighted by molar-refractivity contribution is 0.498. The summed E-state index contributed by atoms with van der Waals surface area (Å²) in [5.74, 6) is -2.05. The average molecular weight is 333 g/mol. The van der Waals surface area contributed by atoms with Gasteiger partial charge in [0.1, 0.15) is 16.8 Å². The van der Waals surface area contributed by atoms with E-state index in [2.05, 4.69) is 10.2 Å². The van der Waals surface area contributed by atoms with Gasteiger partial charge in [-0.3, -0.25) is 0 Å². The Bertz CT molecular complexity index is 782. The highest BCUT2D eigenvalue weighted by Gasteiger charge is 2.46. The number of halogens is 3. The van der Waals surface area contributed by atoms with Crippen LogP contribution in [-0.2, 0) is 5.41 Å². The van der Waals surface area contributed by atoms with Gasteiger partial charge in [-0.2, -0.15) is 5.10 Å². The Morgan fingerprint density at radius 2 is 1.57 bits per heavy atom. The van der Waals surface area contributed by atoms with Crippen molar-refractivity contribution >= 4 is 22.5 Å². The molecule has 2 unspecified atom stereocenters. The molecule has 2 atom stereocenters. The van der Waals surface area contributed by atoms with Crippen LogP contribution in [-0.4, -0.2) is 10.9 Å². The number of nitrogens with zero attached hydrogens (tertiary/aromatic N) is 2. The summed E-state index contributed by atoms with van der Waals surface area (Å²) in [6.07, 6.45) is 0. The Labute approximate surface area is 138 Å². The van der Waals surface area contributed by atoms with E-state index in [1.807, 2.05) is 37.3 Å². The minimum absolute atomic E-state index is 0.0750. The Morgan fingerprint density at radius 3 is 2.17 bits per heavy atom. The van der Waals surface area contributed by atoms with Crippen molar-refractivity contribution < 1.29 is 8.78 Å². The van der Waals surface area contributed by atoms with Crippen molar-refractivity contribution in [3.8, 4) is 0 Å². The fraction of sp³-hybridized carbons (Fsp3) is 0.222. The second-order valence-electron chi connectivity index (χ2n) is 5.74. The molecule has 2 aromatic rings. The Morgan fingerprint density at radius 1 is 0.957 bits per heavy atom. The van der Waals surface area contributed by atoms with Gasteiger partial charge >= 0.3 is 0 Å². The quantitative estimate of drug-likeness (QED) is 0.736. The molecule has 0 radical (unpaired) electrons. The zero-order valence-electron chi connectivity index (χ0n) is 12.7. The van der Waals surface area contributed by atoms with Crippen LogP contribution >= 0.6 is 11.6 Å². The first kappa shape index (κ1) is 15.8. The molecule has 0 aromatic heterocycles. The van der Waals surface area contributed by atoms with E-state index in [1.54, 1.807) is 6.92 Å². The molecule has 0 fully saturated rings. The van der Waals surface area contributed by atoms with E-state index in [4.69, 9.17) is 11.6 Å². The standard InChI is InChI=1S/C18H15ClF2N2/c1-11-18(2,12-7-4-3-5-8-12)16(17(19)23-22-11)15-13(20)9-6-10-14(15)21/h3-10,16H,1-2H3. The minimum Gasteiger partial charge on any atom is -0.207 e. The third kappa shape index (κ3) is 2.47. The summed E-state index contributed by atoms with van der Waals surface area (Å²) in [6, 6.07) is 13.2. The first-order valence-electron chi connectivity index (χ1n) is 7.23. The molecule has 1 aliphatic rings. The van der Waals surface area contributed by atoms with Gasteiger partial charge in [0.25, 0.3) is 0 Å². The summed E-state index contributed by atoms with van der Waals surface area (Å²) in [6.45, 7) is 3.68. The number of hydrogen-bond donors (Lipinski definition) is 0. The van der Waals surface area contributed by atoms with E-state index in [9.17, 15) is 8.78 Å². The Kier molecular flexibility index (Phi) is 4.02. The molecule has 0 spiro atoms.